The van der Waals surface area contributed by atoms with Crippen molar-refractivity contribution in [1.29, 1.82) is 0 Å². The molecule has 0 saturated heterocycles. The number of hydrogen-bond donors (Lipinski definition) is 1. The Hall–Kier alpha value is -3.07. The lowest BCUT2D eigenvalue weighted by Gasteiger charge is -2.14. The average Bonchev–Trinajstić information content (AvgIpc) is 2.75. The molecule has 4 aromatic rings. The fourth-order valence-corrected chi connectivity index (χ4v) is 4.43. The lowest BCUT2D eigenvalue weighted by molar-refractivity contribution is 0.501. The predicted molar refractivity (Wildman–Crippen MR) is 108 cm³/mol. The maximum absolute atomic E-state index is 13.3. The number of rotatable bonds is 4. The fraction of sp³-hybridized carbons (Fsp3) is 0. The molecule has 0 saturated carbocycles. The SMILES string of the molecule is O=P(O)(c1cccc(-c2ccccn2)c1)c1cccc(-c2ccccn2)c1. The standard InChI is InChI=1S/C22H17N2O2P/c25-27(26,19-9-5-7-17(15-19)21-11-1-3-13-23-21)20-10-6-8-18(16-20)22-12-2-4-14-24-22/h1-16H,(H,25,26). The second-order valence-electron chi connectivity index (χ2n) is 6.11. The molecule has 27 heavy (non-hydrogen) atoms. The van der Waals surface area contributed by atoms with Crippen molar-refractivity contribution in [2.45, 2.75) is 0 Å². The van der Waals surface area contributed by atoms with Crippen molar-refractivity contribution in [3.05, 3.63) is 97.3 Å². The van der Waals surface area contributed by atoms with Gasteiger partial charge in [0, 0.05) is 34.1 Å². The van der Waals surface area contributed by atoms with E-state index in [0.29, 0.717) is 10.6 Å². The van der Waals surface area contributed by atoms with Gasteiger partial charge in [0.2, 0.25) is 0 Å². The van der Waals surface area contributed by atoms with Crippen LogP contribution in [0, 0.1) is 0 Å². The van der Waals surface area contributed by atoms with Gasteiger partial charge in [0.05, 0.1) is 11.4 Å². The lowest BCUT2D eigenvalue weighted by Crippen LogP contribution is -2.16. The summed E-state index contributed by atoms with van der Waals surface area (Å²) in [5.41, 5.74) is 3.15. The molecule has 2 heterocycles. The lowest BCUT2D eigenvalue weighted by atomic mass is 10.1. The van der Waals surface area contributed by atoms with E-state index < -0.39 is 7.37 Å². The molecule has 0 bridgehead atoms. The van der Waals surface area contributed by atoms with Gasteiger partial charge in [-0.3, -0.25) is 14.5 Å². The predicted octanol–water partition coefficient (Wildman–Crippen LogP) is 4.03. The van der Waals surface area contributed by atoms with Crippen LogP contribution in [0.15, 0.2) is 97.3 Å². The number of aromatic nitrogens is 2. The maximum atomic E-state index is 13.3. The largest absolute Gasteiger partial charge is 0.338 e. The smallest absolute Gasteiger partial charge is 0.258 e. The minimum atomic E-state index is -3.75. The van der Waals surface area contributed by atoms with Crippen LogP contribution in [-0.4, -0.2) is 14.9 Å². The minimum absolute atomic E-state index is 0.379. The van der Waals surface area contributed by atoms with Gasteiger partial charge in [-0.05, 0) is 48.5 Å². The van der Waals surface area contributed by atoms with E-state index in [1.54, 1.807) is 48.8 Å². The molecule has 0 aliphatic carbocycles. The van der Waals surface area contributed by atoms with Gasteiger partial charge in [0.15, 0.2) is 0 Å². The van der Waals surface area contributed by atoms with Crippen LogP contribution in [0.5, 0.6) is 0 Å². The van der Waals surface area contributed by atoms with Crippen LogP contribution in [-0.2, 0) is 4.57 Å². The Morgan fingerprint density at radius 1 is 0.630 bits per heavy atom. The minimum Gasteiger partial charge on any atom is -0.338 e. The zero-order valence-electron chi connectivity index (χ0n) is 14.4. The van der Waals surface area contributed by atoms with E-state index in [2.05, 4.69) is 9.97 Å². The molecular weight excluding hydrogens is 355 g/mol. The first-order valence-electron chi connectivity index (χ1n) is 8.51. The molecule has 1 N–H and O–H groups in total. The molecule has 0 aliphatic heterocycles. The van der Waals surface area contributed by atoms with E-state index in [0.717, 1.165) is 22.5 Å². The summed E-state index contributed by atoms with van der Waals surface area (Å²) >= 11 is 0. The highest BCUT2D eigenvalue weighted by molar-refractivity contribution is 7.73. The fourth-order valence-electron chi connectivity index (χ4n) is 2.92. The average molecular weight is 372 g/mol. The van der Waals surface area contributed by atoms with Crippen LogP contribution in [0.4, 0.5) is 0 Å². The highest BCUT2D eigenvalue weighted by atomic mass is 31.2. The Morgan fingerprint density at radius 2 is 1.11 bits per heavy atom. The normalized spacial score (nSPS) is 11.3. The van der Waals surface area contributed by atoms with Gasteiger partial charge >= 0.3 is 0 Å². The van der Waals surface area contributed by atoms with Crippen molar-refractivity contribution >= 4 is 18.0 Å². The van der Waals surface area contributed by atoms with Crippen molar-refractivity contribution in [3.63, 3.8) is 0 Å². The summed E-state index contributed by atoms with van der Waals surface area (Å²) in [7, 11) is -3.75. The first-order chi connectivity index (χ1) is 13.1. The molecule has 0 spiro atoms. The molecule has 2 aromatic carbocycles. The number of benzene rings is 2. The third-order valence-corrected chi connectivity index (χ3v) is 6.27. The molecule has 0 aliphatic rings. The van der Waals surface area contributed by atoms with Crippen LogP contribution in [0.2, 0.25) is 0 Å². The first-order valence-corrected chi connectivity index (χ1v) is 10.2. The van der Waals surface area contributed by atoms with Crippen LogP contribution < -0.4 is 10.6 Å². The van der Waals surface area contributed by atoms with E-state index in [1.165, 1.54) is 0 Å². The Balaban J connectivity index is 1.75. The van der Waals surface area contributed by atoms with Crippen molar-refractivity contribution < 1.29 is 9.46 Å². The third-order valence-electron chi connectivity index (χ3n) is 4.31. The molecule has 0 fully saturated rings. The molecule has 5 heteroatoms. The summed E-state index contributed by atoms with van der Waals surface area (Å²) in [6.07, 6.45) is 3.41. The summed E-state index contributed by atoms with van der Waals surface area (Å²) in [4.78, 5) is 19.6. The summed E-state index contributed by atoms with van der Waals surface area (Å²) in [5, 5.41) is 0.757. The summed E-state index contributed by atoms with van der Waals surface area (Å²) in [6, 6.07) is 25.4. The monoisotopic (exact) mass is 372 g/mol. The number of hydrogen-bond acceptors (Lipinski definition) is 3. The van der Waals surface area contributed by atoms with Gasteiger partial charge in [0.25, 0.3) is 7.37 Å². The van der Waals surface area contributed by atoms with E-state index >= 15 is 0 Å². The summed E-state index contributed by atoms with van der Waals surface area (Å²) in [5.74, 6) is 0. The summed E-state index contributed by atoms with van der Waals surface area (Å²) in [6.45, 7) is 0. The zero-order chi connectivity index (χ0) is 18.7. The van der Waals surface area contributed by atoms with Gasteiger partial charge in [-0.1, -0.05) is 36.4 Å². The second kappa shape index (κ2) is 7.28. The highest BCUT2D eigenvalue weighted by Crippen LogP contribution is 2.39. The van der Waals surface area contributed by atoms with Gasteiger partial charge in [-0.15, -0.1) is 0 Å². The van der Waals surface area contributed by atoms with E-state index in [-0.39, 0.29) is 0 Å². The van der Waals surface area contributed by atoms with E-state index in [4.69, 9.17) is 0 Å². The molecular formula is C22H17N2O2P. The van der Waals surface area contributed by atoms with Gasteiger partial charge < -0.3 is 4.89 Å². The van der Waals surface area contributed by atoms with Crippen LogP contribution in [0.25, 0.3) is 22.5 Å². The Bertz CT molecular complexity index is 1030. The van der Waals surface area contributed by atoms with Crippen LogP contribution >= 0.6 is 7.37 Å². The second-order valence-corrected chi connectivity index (χ2v) is 8.29. The summed E-state index contributed by atoms with van der Waals surface area (Å²) < 4.78 is 13.3. The molecule has 0 unspecified atom stereocenters. The van der Waals surface area contributed by atoms with Gasteiger partial charge in [0.1, 0.15) is 0 Å². The number of nitrogens with zero attached hydrogens (tertiary/aromatic N) is 2. The van der Waals surface area contributed by atoms with Crippen LogP contribution in [0.3, 0.4) is 0 Å². The molecule has 4 rings (SSSR count). The molecule has 132 valence electrons. The molecule has 0 atom stereocenters. The van der Waals surface area contributed by atoms with Crippen molar-refractivity contribution in [3.8, 4) is 22.5 Å². The van der Waals surface area contributed by atoms with Crippen molar-refractivity contribution in [2.75, 3.05) is 0 Å². The zero-order valence-corrected chi connectivity index (χ0v) is 15.3. The van der Waals surface area contributed by atoms with Gasteiger partial charge in [-0.25, -0.2) is 0 Å². The van der Waals surface area contributed by atoms with Crippen molar-refractivity contribution in [2.24, 2.45) is 0 Å². The van der Waals surface area contributed by atoms with Crippen molar-refractivity contribution in [1.82, 2.24) is 9.97 Å². The molecule has 0 amide bonds. The van der Waals surface area contributed by atoms with Gasteiger partial charge in [-0.2, -0.15) is 0 Å². The maximum Gasteiger partial charge on any atom is 0.258 e. The Morgan fingerprint density at radius 3 is 1.52 bits per heavy atom. The Labute approximate surface area is 157 Å². The molecule has 0 radical (unpaired) electrons. The third kappa shape index (κ3) is 3.59. The Kier molecular flexibility index (Phi) is 4.68. The topological polar surface area (TPSA) is 63.1 Å². The first kappa shape index (κ1) is 17.3. The number of pyridine rings is 2. The van der Waals surface area contributed by atoms with Crippen LogP contribution in [0.1, 0.15) is 0 Å². The quantitative estimate of drug-likeness (QED) is 0.550. The molecule has 2 aromatic heterocycles. The van der Waals surface area contributed by atoms with E-state index in [9.17, 15) is 9.46 Å². The molecule has 4 nitrogen and oxygen atoms in total. The van der Waals surface area contributed by atoms with E-state index in [1.807, 2.05) is 48.5 Å². The highest BCUT2D eigenvalue weighted by Gasteiger charge is 2.25.